The number of hydrogen-bond donors (Lipinski definition) is 0. The fourth-order valence-corrected chi connectivity index (χ4v) is 3.59. The molecule has 17 heavy (non-hydrogen) atoms. The summed E-state index contributed by atoms with van der Waals surface area (Å²) in [7, 11) is 4.37. The van der Waals surface area contributed by atoms with E-state index in [0.29, 0.717) is 0 Å². The van der Waals surface area contributed by atoms with E-state index >= 15 is 0 Å². The number of alkyl halides is 1. The molecule has 0 N–H and O–H groups in total. The molecule has 0 amide bonds. The molecule has 1 atom stereocenters. The lowest BCUT2D eigenvalue weighted by Gasteiger charge is -2.35. The van der Waals surface area contributed by atoms with Gasteiger partial charge in [-0.1, -0.05) is 29.8 Å². The molecule has 0 aliphatic carbocycles. The molecular formula is C14H29BrN2. The van der Waals surface area contributed by atoms with E-state index in [9.17, 15) is 0 Å². The third-order valence-corrected chi connectivity index (χ3v) is 4.80. The molecule has 0 aromatic rings. The summed E-state index contributed by atoms with van der Waals surface area (Å²) in [6, 6.07) is 0. The van der Waals surface area contributed by atoms with Crippen LogP contribution >= 0.6 is 15.9 Å². The first-order chi connectivity index (χ1) is 8.02. The molecule has 1 aliphatic rings. The summed E-state index contributed by atoms with van der Waals surface area (Å²) in [4.78, 5) is 4.99. The Morgan fingerprint density at radius 3 is 2.24 bits per heavy atom. The van der Waals surface area contributed by atoms with Crippen molar-refractivity contribution in [1.82, 2.24) is 9.80 Å². The van der Waals surface area contributed by atoms with E-state index in [1.165, 1.54) is 39.0 Å². The first kappa shape index (κ1) is 15.5. The summed E-state index contributed by atoms with van der Waals surface area (Å²) in [5, 5.41) is 1.14. The molecule has 0 spiro atoms. The van der Waals surface area contributed by atoms with Crippen molar-refractivity contribution < 1.29 is 0 Å². The Labute approximate surface area is 116 Å². The Balaban J connectivity index is 2.27. The molecule has 0 aromatic heterocycles. The van der Waals surface area contributed by atoms with Crippen molar-refractivity contribution >= 4 is 15.9 Å². The van der Waals surface area contributed by atoms with Gasteiger partial charge in [-0.25, -0.2) is 0 Å². The zero-order chi connectivity index (χ0) is 12.8. The summed E-state index contributed by atoms with van der Waals surface area (Å²) < 4.78 is 0. The number of halogens is 1. The van der Waals surface area contributed by atoms with Crippen LogP contribution in [0.3, 0.4) is 0 Å². The van der Waals surface area contributed by atoms with Crippen LogP contribution in [0.15, 0.2) is 0 Å². The maximum Gasteiger partial charge on any atom is 0.00743 e. The first-order valence-electron chi connectivity index (χ1n) is 6.96. The van der Waals surface area contributed by atoms with Gasteiger partial charge in [0.2, 0.25) is 0 Å². The van der Waals surface area contributed by atoms with Crippen LogP contribution in [0.5, 0.6) is 0 Å². The molecule has 2 nitrogen and oxygen atoms in total. The van der Waals surface area contributed by atoms with Gasteiger partial charge in [-0.2, -0.15) is 0 Å². The molecule has 1 unspecified atom stereocenters. The van der Waals surface area contributed by atoms with Gasteiger partial charge in [-0.15, -0.1) is 0 Å². The average molecular weight is 305 g/mol. The van der Waals surface area contributed by atoms with Gasteiger partial charge in [-0.05, 0) is 57.8 Å². The highest BCUT2D eigenvalue weighted by molar-refractivity contribution is 9.09. The van der Waals surface area contributed by atoms with E-state index in [1.54, 1.807) is 0 Å². The van der Waals surface area contributed by atoms with Crippen LogP contribution in [0, 0.1) is 17.8 Å². The molecule has 102 valence electrons. The predicted molar refractivity (Wildman–Crippen MR) is 79.8 cm³/mol. The molecule has 1 aliphatic heterocycles. The van der Waals surface area contributed by atoms with Crippen molar-refractivity contribution in [3.05, 3.63) is 0 Å². The smallest absolute Gasteiger partial charge is 0.00743 e. The van der Waals surface area contributed by atoms with Crippen LogP contribution in [0.25, 0.3) is 0 Å². The molecule has 0 bridgehead atoms. The fourth-order valence-electron chi connectivity index (χ4n) is 2.64. The molecule has 1 fully saturated rings. The summed E-state index contributed by atoms with van der Waals surface area (Å²) >= 11 is 3.65. The molecule has 1 saturated heterocycles. The third kappa shape index (κ3) is 5.71. The van der Waals surface area contributed by atoms with Gasteiger partial charge in [0.1, 0.15) is 0 Å². The zero-order valence-corrected chi connectivity index (χ0v) is 13.5. The van der Waals surface area contributed by atoms with Gasteiger partial charge in [0.15, 0.2) is 0 Å². The van der Waals surface area contributed by atoms with E-state index in [4.69, 9.17) is 0 Å². The predicted octanol–water partition coefficient (Wildman–Crippen LogP) is 2.93. The van der Waals surface area contributed by atoms with E-state index in [1.807, 2.05) is 0 Å². The second-order valence-electron chi connectivity index (χ2n) is 6.16. The third-order valence-electron chi connectivity index (χ3n) is 3.96. The van der Waals surface area contributed by atoms with Crippen molar-refractivity contribution in [3.8, 4) is 0 Å². The maximum atomic E-state index is 3.65. The van der Waals surface area contributed by atoms with Gasteiger partial charge in [0.05, 0.1) is 0 Å². The lowest BCUT2D eigenvalue weighted by atomic mass is 9.93. The minimum Gasteiger partial charge on any atom is -0.309 e. The van der Waals surface area contributed by atoms with E-state index < -0.39 is 0 Å². The summed E-state index contributed by atoms with van der Waals surface area (Å²) in [5.74, 6) is 2.51. The van der Waals surface area contributed by atoms with Crippen LogP contribution in [0.2, 0.25) is 0 Å². The molecule has 1 rings (SSSR count). The van der Waals surface area contributed by atoms with Crippen LogP contribution in [0.1, 0.15) is 26.7 Å². The lowest BCUT2D eigenvalue weighted by Crippen LogP contribution is -2.40. The molecule has 3 heteroatoms. The molecule has 0 radical (unpaired) electrons. The number of rotatable bonds is 6. The van der Waals surface area contributed by atoms with E-state index in [2.05, 4.69) is 53.7 Å². The van der Waals surface area contributed by atoms with Crippen LogP contribution < -0.4 is 0 Å². The second kappa shape index (κ2) is 7.75. The summed E-state index contributed by atoms with van der Waals surface area (Å²) in [5.41, 5.74) is 0. The van der Waals surface area contributed by atoms with Gasteiger partial charge in [0.25, 0.3) is 0 Å². The number of piperidine rings is 1. The van der Waals surface area contributed by atoms with E-state index in [-0.39, 0.29) is 0 Å². The van der Waals surface area contributed by atoms with Crippen LogP contribution in [-0.2, 0) is 0 Å². The van der Waals surface area contributed by atoms with Crippen molar-refractivity contribution in [3.63, 3.8) is 0 Å². The molecular weight excluding hydrogens is 276 g/mol. The first-order valence-corrected chi connectivity index (χ1v) is 8.08. The Kier molecular flexibility index (Phi) is 7.05. The van der Waals surface area contributed by atoms with Crippen molar-refractivity contribution in [2.45, 2.75) is 26.7 Å². The van der Waals surface area contributed by atoms with E-state index in [0.717, 1.165) is 23.1 Å². The largest absolute Gasteiger partial charge is 0.309 e. The lowest BCUT2D eigenvalue weighted by molar-refractivity contribution is 0.138. The van der Waals surface area contributed by atoms with Gasteiger partial charge in [-0.3, -0.25) is 0 Å². The van der Waals surface area contributed by atoms with Gasteiger partial charge in [0, 0.05) is 18.4 Å². The number of hydrogen-bond acceptors (Lipinski definition) is 2. The quantitative estimate of drug-likeness (QED) is 0.696. The monoisotopic (exact) mass is 304 g/mol. The highest BCUT2D eigenvalue weighted by Gasteiger charge is 2.22. The maximum absolute atomic E-state index is 3.65. The topological polar surface area (TPSA) is 6.48 Å². The minimum absolute atomic E-state index is 0.786. The van der Waals surface area contributed by atoms with Crippen LogP contribution in [-0.4, -0.2) is 55.4 Å². The molecule has 1 heterocycles. The molecule has 0 aromatic carbocycles. The Bertz CT molecular complexity index is 198. The normalized spacial score (nSPS) is 21.4. The highest BCUT2D eigenvalue weighted by Crippen LogP contribution is 2.21. The van der Waals surface area contributed by atoms with Gasteiger partial charge >= 0.3 is 0 Å². The summed E-state index contributed by atoms with van der Waals surface area (Å²) in [6.45, 7) is 9.82. The Morgan fingerprint density at radius 2 is 1.82 bits per heavy atom. The highest BCUT2D eigenvalue weighted by atomic mass is 79.9. The summed E-state index contributed by atoms with van der Waals surface area (Å²) in [6.07, 6.45) is 2.76. The second-order valence-corrected chi connectivity index (χ2v) is 6.81. The van der Waals surface area contributed by atoms with Gasteiger partial charge < -0.3 is 9.80 Å². The zero-order valence-electron chi connectivity index (χ0n) is 12.0. The number of nitrogens with zero attached hydrogens (tertiary/aromatic N) is 2. The number of likely N-dealkylation sites (tertiary alicyclic amines) is 1. The van der Waals surface area contributed by atoms with Crippen LogP contribution in [0.4, 0.5) is 0 Å². The fraction of sp³-hybridized carbons (Fsp3) is 1.00. The average Bonchev–Trinajstić information content (AvgIpc) is 2.26. The van der Waals surface area contributed by atoms with Crippen molar-refractivity contribution in [2.24, 2.45) is 17.8 Å². The Hall–Kier alpha value is 0.400. The standard InChI is InChI=1S/C14H29BrN2/c1-12(2)14(9-15)11-17-7-5-13(6-8-17)10-16(3)4/h12-14H,5-11H2,1-4H3. The van der Waals surface area contributed by atoms with Crippen molar-refractivity contribution in [1.29, 1.82) is 0 Å². The minimum atomic E-state index is 0.786. The Morgan fingerprint density at radius 1 is 1.24 bits per heavy atom. The van der Waals surface area contributed by atoms with Crippen molar-refractivity contribution in [2.75, 3.05) is 45.6 Å². The SMILES string of the molecule is CC(C)C(CBr)CN1CCC(CN(C)C)CC1. The molecule has 0 saturated carbocycles.